The fourth-order valence-corrected chi connectivity index (χ4v) is 1.98. The molecule has 2 aromatic heterocycles. The molecule has 0 N–H and O–H groups in total. The van der Waals surface area contributed by atoms with E-state index in [1.165, 1.54) is 0 Å². The molecular formula is C11H8N2S. The van der Waals surface area contributed by atoms with Gasteiger partial charge < -0.3 is 0 Å². The number of hydrogen-bond acceptors (Lipinski definition) is 3. The van der Waals surface area contributed by atoms with Crippen LogP contribution in [0.2, 0.25) is 0 Å². The molecule has 2 aromatic rings. The Bertz CT molecular complexity index is 428. The SMILES string of the molecule is N#C[C@H](c1ccsc1)c1ccccn1. The van der Waals surface area contributed by atoms with Gasteiger partial charge in [0.25, 0.3) is 0 Å². The van der Waals surface area contributed by atoms with Crippen LogP contribution in [0.3, 0.4) is 0 Å². The monoisotopic (exact) mass is 200 g/mol. The molecule has 2 heterocycles. The predicted octanol–water partition coefficient (Wildman–Crippen LogP) is 2.80. The lowest BCUT2D eigenvalue weighted by Crippen LogP contribution is -1.98. The molecule has 2 nitrogen and oxygen atoms in total. The van der Waals surface area contributed by atoms with E-state index in [0.717, 1.165) is 11.3 Å². The molecule has 0 aromatic carbocycles. The zero-order valence-corrected chi connectivity index (χ0v) is 8.24. The molecule has 3 heteroatoms. The topological polar surface area (TPSA) is 36.7 Å². The number of hydrogen-bond donors (Lipinski definition) is 0. The smallest absolute Gasteiger partial charge is 0.114 e. The predicted molar refractivity (Wildman–Crippen MR) is 56.0 cm³/mol. The molecule has 0 aliphatic heterocycles. The van der Waals surface area contributed by atoms with Gasteiger partial charge in [0.2, 0.25) is 0 Å². The third kappa shape index (κ3) is 1.66. The number of nitriles is 1. The Morgan fingerprint density at radius 1 is 1.36 bits per heavy atom. The molecule has 0 saturated heterocycles. The molecule has 0 spiro atoms. The Kier molecular flexibility index (Phi) is 2.57. The molecule has 0 saturated carbocycles. The van der Waals surface area contributed by atoms with E-state index >= 15 is 0 Å². The van der Waals surface area contributed by atoms with Gasteiger partial charge in [-0.3, -0.25) is 4.98 Å². The highest BCUT2D eigenvalue weighted by Gasteiger charge is 2.13. The number of aromatic nitrogens is 1. The molecule has 0 aliphatic carbocycles. The number of nitrogens with zero attached hydrogens (tertiary/aromatic N) is 2. The van der Waals surface area contributed by atoms with Crippen LogP contribution >= 0.6 is 11.3 Å². The Morgan fingerprint density at radius 3 is 2.86 bits per heavy atom. The minimum Gasteiger partial charge on any atom is -0.260 e. The van der Waals surface area contributed by atoms with Crippen LogP contribution in [0.4, 0.5) is 0 Å². The van der Waals surface area contributed by atoms with Crippen LogP contribution in [0.5, 0.6) is 0 Å². The van der Waals surface area contributed by atoms with Gasteiger partial charge in [0.05, 0.1) is 11.8 Å². The first kappa shape index (κ1) is 8.92. The first-order valence-electron chi connectivity index (χ1n) is 4.24. The van der Waals surface area contributed by atoms with E-state index in [-0.39, 0.29) is 5.92 Å². The van der Waals surface area contributed by atoms with Crippen molar-refractivity contribution in [1.29, 1.82) is 5.26 Å². The molecule has 2 rings (SSSR count). The summed E-state index contributed by atoms with van der Waals surface area (Å²) in [4.78, 5) is 4.19. The second-order valence-electron chi connectivity index (χ2n) is 2.87. The standard InChI is InChI=1S/C11H8N2S/c12-7-10(9-4-6-14-8-9)11-3-1-2-5-13-11/h1-6,8,10H/t10-/m1/s1. The summed E-state index contributed by atoms with van der Waals surface area (Å²) in [5.74, 6) is -0.234. The largest absolute Gasteiger partial charge is 0.260 e. The van der Waals surface area contributed by atoms with E-state index in [1.54, 1.807) is 17.5 Å². The van der Waals surface area contributed by atoms with Crippen molar-refractivity contribution in [1.82, 2.24) is 4.98 Å². The first-order chi connectivity index (χ1) is 6.92. The highest BCUT2D eigenvalue weighted by molar-refractivity contribution is 7.08. The van der Waals surface area contributed by atoms with E-state index in [1.807, 2.05) is 35.0 Å². The summed E-state index contributed by atoms with van der Waals surface area (Å²) in [6.45, 7) is 0. The molecule has 14 heavy (non-hydrogen) atoms. The Hall–Kier alpha value is -1.66. The van der Waals surface area contributed by atoms with Crippen molar-refractivity contribution in [3.05, 3.63) is 52.5 Å². The van der Waals surface area contributed by atoms with Crippen molar-refractivity contribution in [2.75, 3.05) is 0 Å². The maximum Gasteiger partial charge on any atom is 0.114 e. The van der Waals surface area contributed by atoms with Crippen molar-refractivity contribution in [3.63, 3.8) is 0 Å². The zero-order valence-electron chi connectivity index (χ0n) is 7.42. The van der Waals surface area contributed by atoms with Crippen LogP contribution in [0, 0.1) is 11.3 Å². The molecule has 0 radical (unpaired) electrons. The lowest BCUT2D eigenvalue weighted by molar-refractivity contribution is 0.972. The zero-order chi connectivity index (χ0) is 9.80. The Labute approximate surface area is 86.5 Å². The van der Waals surface area contributed by atoms with Crippen LogP contribution in [0.25, 0.3) is 0 Å². The number of pyridine rings is 1. The van der Waals surface area contributed by atoms with Crippen LogP contribution in [-0.2, 0) is 0 Å². The van der Waals surface area contributed by atoms with Crippen molar-refractivity contribution in [2.24, 2.45) is 0 Å². The summed E-state index contributed by atoms with van der Waals surface area (Å²) in [6, 6.07) is 9.87. The summed E-state index contributed by atoms with van der Waals surface area (Å²) in [5.41, 5.74) is 1.84. The summed E-state index contributed by atoms with van der Waals surface area (Å²) >= 11 is 1.60. The van der Waals surface area contributed by atoms with E-state index in [2.05, 4.69) is 11.1 Å². The van der Waals surface area contributed by atoms with Gasteiger partial charge in [-0.15, -0.1) is 0 Å². The summed E-state index contributed by atoms with van der Waals surface area (Å²) < 4.78 is 0. The summed E-state index contributed by atoms with van der Waals surface area (Å²) in [6.07, 6.45) is 1.71. The van der Waals surface area contributed by atoms with Crippen molar-refractivity contribution in [3.8, 4) is 6.07 Å². The normalized spacial score (nSPS) is 11.9. The lowest BCUT2D eigenvalue weighted by atomic mass is 10.00. The van der Waals surface area contributed by atoms with Crippen molar-refractivity contribution < 1.29 is 0 Å². The van der Waals surface area contributed by atoms with Gasteiger partial charge in [0, 0.05) is 6.20 Å². The van der Waals surface area contributed by atoms with Crippen molar-refractivity contribution in [2.45, 2.75) is 5.92 Å². The minimum absolute atomic E-state index is 0.234. The Balaban J connectivity index is 2.38. The lowest BCUT2D eigenvalue weighted by Gasteiger charge is -2.04. The van der Waals surface area contributed by atoms with Gasteiger partial charge in [0.15, 0.2) is 0 Å². The highest BCUT2D eigenvalue weighted by atomic mass is 32.1. The molecular weight excluding hydrogens is 192 g/mol. The quantitative estimate of drug-likeness (QED) is 0.747. The maximum atomic E-state index is 9.07. The Morgan fingerprint density at radius 2 is 2.29 bits per heavy atom. The van der Waals surface area contributed by atoms with E-state index in [9.17, 15) is 0 Å². The fraction of sp³-hybridized carbons (Fsp3) is 0.0909. The van der Waals surface area contributed by atoms with E-state index < -0.39 is 0 Å². The molecule has 1 atom stereocenters. The second kappa shape index (κ2) is 4.03. The maximum absolute atomic E-state index is 9.07. The minimum atomic E-state index is -0.234. The van der Waals surface area contributed by atoms with Crippen molar-refractivity contribution >= 4 is 11.3 Å². The van der Waals surface area contributed by atoms with Crippen LogP contribution in [0.1, 0.15) is 17.2 Å². The van der Waals surface area contributed by atoms with Crippen LogP contribution < -0.4 is 0 Å². The third-order valence-electron chi connectivity index (χ3n) is 1.99. The molecule has 0 fully saturated rings. The molecule has 68 valence electrons. The fourth-order valence-electron chi connectivity index (χ4n) is 1.30. The van der Waals surface area contributed by atoms with Gasteiger partial charge in [0.1, 0.15) is 5.92 Å². The van der Waals surface area contributed by atoms with Gasteiger partial charge in [-0.05, 0) is 34.5 Å². The first-order valence-corrected chi connectivity index (χ1v) is 5.19. The van der Waals surface area contributed by atoms with Crippen LogP contribution in [0.15, 0.2) is 41.2 Å². The van der Waals surface area contributed by atoms with E-state index in [0.29, 0.717) is 0 Å². The van der Waals surface area contributed by atoms with Crippen LogP contribution in [-0.4, -0.2) is 4.98 Å². The summed E-state index contributed by atoms with van der Waals surface area (Å²) in [7, 11) is 0. The molecule has 0 aliphatic rings. The van der Waals surface area contributed by atoms with Gasteiger partial charge in [-0.2, -0.15) is 16.6 Å². The number of thiophene rings is 1. The molecule has 0 bridgehead atoms. The average Bonchev–Trinajstić information content (AvgIpc) is 2.74. The molecule has 0 amide bonds. The summed E-state index contributed by atoms with van der Waals surface area (Å²) in [5, 5.41) is 13.0. The van der Waals surface area contributed by atoms with E-state index in [4.69, 9.17) is 5.26 Å². The van der Waals surface area contributed by atoms with Gasteiger partial charge >= 0.3 is 0 Å². The van der Waals surface area contributed by atoms with Gasteiger partial charge in [-0.25, -0.2) is 0 Å². The molecule has 0 unspecified atom stereocenters. The second-order valence-corrected chi connectivity index (χ2v) is 3.65. The average molecular weight is 200 g/mol. The van der Waals surface area contributed by atoms with Gasteiger partial charge in [-0.1, -0.05) is 6.07 Å². The number of rotatable bonds is 2. The third-order valence-corrected chi connectivity index (χ3v) is 2.69. The highest BCUT2D eigenvalue weighted by Crippen LogP contribution is 2.23.